The molecule has 0 amide bonds. The van der Waals surface area contributed by atoms with E-state index in [1.165, 1.54) is 0 Å². The van der Waals surface area contributed by atoms with Gasteiger partial charge in [0.25, 0.3) is 0 Å². The van der Waals surface area contributed by atoms with Crippen molar-refractivity contribution in [3.8, 4) is 0 Å². The molecule has 0 saturated heterocycles. The summed E-state index contributed by atoms with van der Waals surface area (Å²) in [5, 5.41) is 13.8. The molecule has 0 atom stereocenters. The molecule has 0 aliphatic heterocycles. The molecule has 0 aliphatic rings. The number of nitrogens with zero attached hydrogens (tertiary/aromatic N) is 3. The number of benzene rings is 3. The quantitative estimate of drug-likeness (QED) is 0.394. The number of hydrogen-bond acceptors (Lipinski definition) is 5. The molecular formula is C24H24N4O2Sn. The Labute approximate surface area is 186 Å². The number of aromatic amines is 1. The van der Waals surface area contributed by atoms with E-state index >= 15 is 0 Å². The maximum absolute atomic E-state index is 13.2. The predicted molar refractivity (Wildman–Crippen MR) is 122 cm³/mol. The third-order valence-electron chi connectivity index (χ3n) is 5.33. The first kappa shape index (κ1) is 21.2. The van der Waals surface area contributed by atoms with E-state index in [-0.39, 0.29) is 12.4 Å². The average Bonchev–Trinajstić information content (AvgIpc) is 3.27. The Hall–Kier alpha value is -3.00. The molecule has 0 unspecified atom stereocenters. The summed E-state index contributed by atoms with van der Waals surface area (Å²) < 4.78 is 9.77. The van der Waals surface area contributed by atoms with Crippen LogP contribution >= 0.6 is 0 Å². The van der Waals surface area contributed by atoms with Crippen molar-refractivity contribution in [1.82, 2.24) is 20.6 Å². The average molecular weight is 519 g/mol. The summed E-state index contributed by atoms with van der Waals surface area (Å²) in [5.41, 5.74) is 3.49. The molecule has 0 bridgehead atoms. The minimum atomic E-state index is -4.15. The monoisotopic (exact) mass is 520 g/mol. The van der Waals surface area contributed by atoms with Gasteiger partial charge in [0.05, 0.1) is 0 Å². The summed E-state index contributed by atoms with van der Waals surface area (Å²) in [6.45, 7) is 6.17. The van der Waals surface area contributed by atoms with Crippen LogP contribution in [0.15, 0.2) is 72.8 Å². The second kappa shape index (κ2) is 9.01. The van der Waals surface area contributed by atoms with Gasteiger partial charge in [-0.25, -0.2) is 0 Å². The molecule has 31 heavy (non-hydrogen) atoms. The van der Waals surface area contributed by atoms with Crippen LogP contribution in [0, 0.1) is 20.8 Å². The molecule has 0 spiro atoms. The number of aryl methyl sites for hydroxylation is 3. The fraction of sp³-hybridized carbons (Fsp3) is 0.167. The Balaban J connectivity index is 1.90. The number of carbonyl (C=O) groups excluding carboxylic acids is 1. The van der Waals surface area contributed by atoms with E-state index in [0.717, 1.165) is 27.4 Å². The van der Waals surface area contributed by atoms with E-state index in [2.05, 4.69) is 114 Å². The first-order chi connectivity index (χ1) is 15.0. The number of carbonyl (C=O) groups is 1. The molecule has 4 aromatic rings. The van der Waals surface area contributed by atoms with Gasteiger partial charge >= 0.3 is 186 Å². The van der Waals surface area contributed by atoms with E-state index in [1.807, 2.05) is 0 Å². The molecule has 156 valence electrons. The minimum absolute atomic E-state index is 0.0290. The first-order valence-electron chi connectivity index (χ1n) is 10.1. The number of H-pyrrole nitrogens is 1. The van der Waals surface area contributed by atoms with E-state index in [1.54, 1.807) is 0 Å². The van der Waals surface area contributed by atoms with E-state index < -0.39 is 18.8 Å². The van der Waals surface area contributed by atoms with Crippen LogP contribution in [0.25, 0.3) is 0 Å². The first-order valence-corrected chi connectivity index (χ1v) is 15.6. The summed E-state index contributed by atoms with van der Waals surface area (Å²) in [7, 11) is 0. The molecule has 0 aliphatic carbocycles. The molecule has 7 heteroatoms. The Morgan fingerprint density at radius 2 is 1.19 bits per heavy atom. The fourth-order valence-electron chi connectivity index (χ4n) is 3.63. The van der Waals surface area contributed by atoms with Crippen LogP contribution in [0.3, 0.4) is 0 Å². The second-order valence-corrected chi connectivity index (χ2v) is 17.2. The second-order valence-electron chi connectivity index (χ2n) is 7.76. The van der Waals surface area contributed by atoms with Crippen molar-refractivity contribution in [1.29, 1.82) is 0 Å². The summed E-state index contributed by atoms with van der Waals surface area (Å²) in [6.07, 6.45) is -0.0290. The summed E-state index contributed by atoms with van der Waals surface area (Å²) in [4.78, 5) is 13.2. The molecule has 1 N–H and O–H groups in total. The van der Waals surface area contributed by atoms with Crippen molar-refractivity contribution in [2.45, 2.75) is 27.2 Å². The van der Waals surface area contributed by atoms with Crippen molar-refractivity contribution < 1.29 is 7.87 Å². The zero-order valence-corrected chi connectivity index (χ0v) is 20.6. The molecule has 4 rings (SSSR count). The Kier molecular flexibility index (Phi) is 6.17. The van der Waals surface area contributed by atoms with Crippen LogP contribution in [-0.2, 0) is 14.3 Å². The summed E-state index contributed by atoms with van der Waals surface area (Å²) >= 11 is -4.15. The van der Waals surface area contributed by atoms with Gasteiger partial charge < -0.3 is 0 Å². The molecule has 0 fully saturated rings. The van der Waals surface area contributed by atoms with E-state index in [0.29, 0.717) is 5.82 Å². The van der Waals surface area contributed by atoms with Gasteiger partial charge in [-0.15, -0.1) is 0 Å². The van der Waals surface area contributed by atoms with Gasteiger partial charge in [-0.1, -0.05) is 0 Å². The van der Waals surface area contributed by atoms with Crippen LogP contribution < -0.4 is 10.7 Å². The fourth-order valence-corrected chi connectivity index (χ4v) is 14.1. The van der Waals surface area contributed by atoms with Crippen molar-refractivity contribution in [3.05, 3.63) is 95.3 Å². The van der Waals surface area contributed by atoms with Crippen molar-refractivity contribution in [2.75, 3.05) is 0 Å². The maximum atomic E-state index is 13.2. The van der Waals surface area contributed by atoms with E-state index in [9.17, 15) is 4.79 Å². The molecular weight excluding hydrogens is 495 g/mol. The Morgan fingerprint density at radius 1 is 0.774 bits per heavy atom. The van der Waals surface area contributed by atoms with Crippen LogP contribution in [0.4, 0.5) is 0 Å². The topological polar surface area (TPSA) is 80.8 Å². The van der Waals surface area contributed by atoms with Crippen LogP contribution in [0.5, 0.6) is 0 Å². The number of hydrogen-bond donors (Lipinski definition) is 1. The SMILES string of the molecule is Cc1cc[c]([Sn]([O]C(=O)Cc2nn[nH]n2)([c]2ccc(C)cc2)[c]2ccc(C)cc2)cc1. The van der Waals surface area contributed by atoms with Gasteiger partial charge in [-0.05, 0) is 0 Å². The Bertz CT molecular complexity index is 1050. The zero-order valence-electron chi connectivity index (χ0n) is 17.8. The third-order valence-corrected chi connectivity index (χ3v) is 16.7. The van der Waals surface area contributed by atoms with Gasteiger partial charge in [-0.3, -0.25) is 0 Å². The summed E-state index contributed by atoms with van der Waals surface area (Å²) in [5.74, 6) is -0.0270. The van der Waals surface area contributed by atoms with Gasteiger partial charge in [0, 0.05) is 0 Å². The zero-order chi connectivity index (χ0) is 21.8. The molecule has 6 nitrogen and oxygen atoms in total. The third kappa shape index (κ3) is 4.53. The van der Waals surface area contributed by atoms with E-state index in [4.69, 9.17) is 3.07 Å². The number of nitrogens with one attached hydrogen (secondary N) is 1. The molecule has 0 saturated carbocycles. The normalized spacial score (nSPS) is 11.3. The van der Waals surface area contributed by atoms with Crippen molar-refractivity contribution in [2.24, 2.45) is 0 Å². The van der Waals surface area contributed by atoms with Crippen molar-refractivity contribution >= 4 is 35.5 Å². The number of rotatable bonds is 6. The molecule has 1 aromatic heterocycles. The number of tetrazole rings is 1. The van der Waals surface area contributed by atoms with Crippen LogP contribution in [-0.4, -0.2) is 45.4 Å². The predicted octanol–water partition coefficient (Wildman–Crippen LogP) is 1.88. The molecule has 1 heterocycles. The number of aromatic nitrogens is 4. The van der Waals surface area contributed by atoms with Gasteiger partial charge in [0.15, 0.2) is 0 Å². The Morgan fingerprint density at radius 3 is 1.55 bits per heavy atom. The van der Waals surface area contributed by atoms with Gasteiger partial charge in [0.1, 0.15) is 0 Å². The molecule has 3 aromatic carbocycles. The molecule has 0 radical (unpaired) electrons. The van der Waals surface area contributed by atoms with Gasteiger partial charge in [0.2, 0.25) is 0 Å². The summed E-state index contributed by atoms with van der Waals surface area (Å²) in [6, 6.07) is 25.1. The standard InChI is InChI=1S/3C7H7.C3H4N4O2.Sn/c3*1-7-5-3-2-4-6-7;8-3(9)1-2-4-6-7-5-2;/h3*3-6H,1H3;1H2,(H,8,9)(H,4,5,6,7);/q;;;;+1/p-1. The van der Waals surface area contributed by atoms with Crippen LogP contribution in [0.1, 0.15) is 22.5 Å². The van der Waals surface area contributed by atoms with Crippen LogP contribution in [0.2, 0.25) is 0 Å². The van der Waals surface area contributed by atoms with Crippen molar-refractivity contribution in [3.63, 3.8) is 0 Å². The van der Waals surface area contributed by atoms with Gasteiger partial charge in [-0.2, -0.15) is 0 Å².